The summed E-state index contributed by atoms with van der Waals surface area (Å²) in [6.45, 7) is 4.38. The van der Waals surface area contributed by atoms with E-state index in [0.29, 0.717) is 24.4 Å². The molecule has 0 amide bonds. The molecule has 1 aliphatic rings. The van der Waals surface area contributed by atoms with Crippen LogP contribution in [0.15, 0.2) is 4.52 Å². The number of piperidine rings is 1. The Hall–Kier alpha value is -0.940. The fraction of sp³-hybridized carbons (Fsp3) is 0.833. The monoisotopic (exact) mass is 239 g/mol. The molecule has 1 N–H and O–H groups in total. The summed E-state index contributed by atoms with van der Waals surface area (Å²) in [4.78, 5) is 4.26. The Morgan fingerprint density at radius 2 is 2.41 bits per heavy atom. The van der Waals surface area contributed by atoms with Crippen LogP contribution in [0.4, 0.5) is 0 Å². The topological polar surface area (TPSA) is 60.2 Å². The van der Waals surface area contributed by atoms with E-state index in [1.165, 1.54) is 19.3 Å². The number of hydrogen-bond donors (Lipinski definition) is 1. The van der Waals surface area contributed by atoms with E-state index in [1.807, 2.05) is 0 Å². The molecule has 1 saturated heterocycles. The summed E-state index contributed by atoms with van der Waals surface area (Å²) in [6, 6.07) is 0.491. The highest BCUT2D eigenvalue weighted by atomic mass is 16.5. The van der Waals surface area contributed by atoms with Crippen molar-refractivity contribution in [3.8, 4) is 0 Å². The van der Waals surface area contributed by atoms with E-state index in [2.05, 4.69) is 22.4 Å². The second-order valence-electron chi connectivity index (χ2n) is 4.52. The summed E-state index contributed by atoms with van der Waals surface area (Å²) in [5, 5.41) is 7.33. The van der Waals surface area contributed by atoms with Crippen LogP contribution in [0.2, 0.25) is 0 Å². The van der Waals surface area contributed by atoms with Gasteiger partial charge in [-0.1, -0.05) is 18.5 Å². The number of nitrogens with zero attached hydrogens (tertiary/aromatic N) is 2. The molecule has 0 aromatic carbocycles. The lowest BCUT2D eigenvalue weighted by atomic mass is 10.1. The number of hydrogen-bond acceptors (Lipinski definition) is 5. The van der Waals surface area contributed by atoms with Gasteiger partial charge in [-0.25, -0.2) is 0 Å². The predicted molar refractivity (Wildman–Crippen MR) is 63.6 cm³/mol. The molecule has 1 aromatic rings. The van der Waals surface area contributed by atoms with Crippen molar-refractivity contribution >= 4 is 0 Å². The maximum absolute atomic E-state index is 5.60. The van der Waals surface area contributed by atoms with Gasteiger partial charge in [0, 0.05) is 12.5 Å². The Morgan fingerprint density at radius 3 is 3.18 bits per heavy atom. The van der Waals surface area contributed by atoms with E-state index < -0.39 is 0 Å². The third-order valence-electron chi connectivity index (χ3n) is 2.94. The van der Waals surface area contributed by atoms with Crippen LogP contribution in [0.1, 0.15) is 44.3 Å². The highest BCUT2D eigenvalue weighted by Gasteiger charge is 2.13. The fourth-order valence-electron chi connectivity index (χ4n) is 2.02. The number of aryl methyl sites for hydroxylation is 1. The van der Waals surface area contributed by atoms with Crippen molar-refractivity contribution in [2.75, 3.05) is 13.2 Å². The fourth-order valence-corrected chi connectivity index (χ4v) is 2.02. The number of ether oxygens (including phenoxy) is 1. The van der Waals surface area contributed by atoms with E-state index in [9.17, 15) is 0 Å². The van der Waals surface area contributed by atoms with Gasteiger partial charge in [-0.3, -0.25) is 0 Å². The Labute approximate surface area is 102 Å². The molecule has 0 saturated carbocycles. The first kappa shape index (κ1) is 12.5. The van der Waals surface area contributed by atoms with Crippen molar-refractivity contribution < 1.29 is 9.26 Å². The van der Waals surface area contributed by atoms with Crippen molar-refractivity contribution in [2.24, 2.45) is 0 Å². The normalized spacial score (nSPS) is 20.6. The largest absolute Gasteiger partial charge is 0.372 e. The highest BCUT2D eigenvalue weighted by molar-refractivity contribution is 4.84. The van der Waals surface area contributed by atoms with Crippen LogP contribution >= 0.6 is 0 Å². The third-order valence-corrected chi connectivity index (χ3v) is 2.94. The first-order chi connectivity index (χ1) is 8.38. The molecule has 0 aliphatic carbocycles. The maximum Gasteiger partial charge on any atom is 0.226 e. The van der Waals surface area contributed by atoms with E-state index in [1.54, 1.807) is 0 Å². The molecule has 5 heteroatoms. The van der Waals surface area contributed by atoms with Gasteiger partial charge < -0.3 is 14.6 Å². The molecule has 1 unspecified atom stereocenters. The first-order valence-electron chi connectivity index (χ1n) is 6.51. The van der Waals surface area contributed by atoms with Gasteiger partial charge in [0.25, 0.3) is 0 Å². The van der Waals surface area contributed by atoms with Crippen molar-refractivity contribution in [3.63, 3.8) is 0 Å². The lowest BCUT2D eigenvalue weighted by Crippen LogP contribution is -2.37. The molecule has 96 valence electrons. The van der Waals surface area contributed by atoms with Gasteiger partial charge in [-0.15, -0.1) is 0 Å². The lowest BCUT2D eigenvalue weighted by molar-refractivity contribution is 0.0854. The second-order valence-corrected chi connectivity index (χ2v) is 4.52. The van der Waals surface area contributed by atoms with Crippen molar-refractivity contribution in [1.29, 1.82) is 0 Å². The van der Waals surface area contributed by atoms with Crippen molar-refractivity contribution in [1.82, 2.24) is 15.5 Å². The third kappa shape index (κ3) is 4.09. The summed E-state index contributed by atoms with van der Waals surface area (Å²) in [5.41, 5.74) is 0. The van der Waals surface area contributed by atoms with Gasteiger partial charge in [0.05, 0.1) is 6.61 Å². The predicted octanol–water partition coefficient (Wildman–Crippen LogP) is 1.68. The zero-order chi connectivity index (χ0) is 11.9. The van der Waals surface area contributed by atoms with Crippen LogP contribution in [0, 0.1) is 0 Å². The van der Waals surface area contributed by atoms with Gasteiger partial charge in [-0.05, 0) is 25.8 Å². The molecule has 0 bridgehead atoms. The van der Waals surface area contributed by atoms with Crippen LogP contribution in [0.5, 0.6) is 0 Å². The quantitative estimate of drug-likeness (QED) is 0.818. The number of nitrogens with one attached hydrogen (secondary N) is 1. The minimum Gasteiger partial charge on any atom is -0.372 e. The van der Waals surface area contributed by atoms with E-state index in [0.717, 1.165) is 26.0 Å². The van der Waals surface area contributed by atoms with Gasteiger partial charge in [0.2, 0.25) is 5.89 Å². The Kier molecular flexibility index (Phi) is 4.94. The Balaban J connectivity index is 1.66. The zero-order valence-electron chi connectivity index (χ0n) is 10.4. The van der Waals surface area contributed by atoms with Gasteiger partial charge in [0.15, 0.2) is 5.82 Å². The summed E-state index contributed by atoms with van der Waals surface area (Å²) in [7, 11) is 0. The summed E-state index contributed by atoms with van der Waals surface area (Å²) < 4.78 is 10.7. The molecule has 1 atom stereocenters. The second kappa shape index (κ2) is 6.71. The highest BCUT2D eigenvalue weighted by Crippen LogP contribution is 2.08. The van der Waals surface area contributed by atoms with Gasteiger partial charge >= 0.3 is 0 Å². The summed E-state index contributed by atoms with van der Waals surface area (Å²) in [5.74, 6) is 1.37. The van der Waals surface area contributed by atoms with Crippen LogP contribution in [0.3, 0.4) is 0 Å². The molecular weight excluding hydrogens is 218 g/mol. The van der Waals surface area contributed by atoms with E-state index >= 15 is 0 Å². The average Bonchev–Trinajstić information content (AvgIpc) is 2.79. The average molecular weight is 239 g/mol. The van der Waals surface area contributed by atoms with Crippen molar-refractivity contribution in [2.45, 2.75) is 51.7 Å². The van der Waals surface area contributed by atoms with Gasteiger partial charge in [0.1, 0.15) is 6.61 Å². The molecule has 5 nitrogen and oxygen atoms in total. The summed E-state index contributed by atoms with van der Waals surface area (Å²) in [6.07, 6.45) is 5.64. The number of rotatable bonds is 6. The Morgan fingerprint density at radius 1 is 1.47 bits per heavy atom. The van der Waals surface area contributed by atoms with Crippen LogP contribution in [0.25, 0.3) is 0 Å². The standard InChI is InChI=1S/C12H21N3O2/c1-2-5-12-14-11(15-17-12)9-16-8-10-6-3-4-7-13-10/h10,13H,2-9H2,1H3. The molecule has 1 fully saturated rings. The summed E-state index contributed by atoms with van der Waals surface area (Å²) >= 11 is 0. The zero-order valence-corrected chi connectivity index (χ0v) is 10.4. The van der Waals surface area contributed by atoms with Gasteiger partial charge in [-0.2, -0.15) is 4.98 Å². The molecule has 0 spiro atoms. The SMILES string of the molecule is CCCc1nc(COCC2CCCCN2)no1. The first-order valence-corrected chi connectivity index (χ1v) is 6.51. The molecule has 2 rings (SSSR count). The molecule has 0 radical (unpaired) electrons. The minimum atomic E-state index is 0.450. The maximum atomic E-state index is 5.60. The van der Waals surface area contributed by atoms with Crippen LogP contribution in [-0.2, 0) is 17.8 Å². The van der Waals surface area contributed by atoms with E-state index in [-0.39, 0.29) is 0 Å². The van der Waals surface area contributed by atoms with Crippen LogP contribution in [-0.4, -0.2) is 29.3 Å². The Bertz CT molecular complexity index is 321. The minimum absolute atomic E-state index is 0.450. The molecule has 2 heterocycles. The van der Waals surface area contributed by atoms with Crippen molar-refractivity contribution in [3.05, 3.63) is 11.7 Å². The van der Waals surface area contributed by atoms with E-state index in [4.69, 9.17) is 9.26 Å². The smallest absolute Gasteiger partial charge is 0.226 e. The lowest BCUT2D eigenvalue weighted by Gasteiger charge is -2.22. The van der Waals surface area contributed by atoms with Crippen LogP contribution < -0.4 is 5.32 Å². The molecule has 1 aliphatic heterocycles. The number of aromatic nitrogens is 2. The molecule has 17 heavy (non-hydrogen) atoms. The molecular formula is C12H21N3O2. The molecule has 1 aromatic heterocycles.